The first-order valence-electron chi connectivity index (χ1n) is 31.3. The van der Waals surface area contributed by atoms with Crippen molar-refractivity contribution in [3.05, 3.63) is 0 Å². The molecule has 21 atom stereocenters. The third kappa shape index (κ3) is 27.0. The molecule has 0 aliphatic carbocycles. The van der Waals surface area contributed by atoms with Crippen LogP contribution in [0.4, 0.5) is 0 Å². The van der Waals surface area contributed by atoms with Gasteiger partial charge in [0.25, 0.3) is 0 Å². The molecule has 0 saturated carbocycles. The normalized spacial score (nSPS) is 32.5. The largest absolute Gasteiger partial charge is 0.394 e. The molecule has 10 N–H and O–H groups in total. The molecular weight excluding hydrogens is 1020 g/mol. The summed E-state index contributed by atoms with van der Waals surface area (Å²) in [5, 5.41) is 107. The van der Waals surface area contributed by atoms with Gasteiger partial charge in [-0.3, -0.25) is 0 Å². The summed E-state index contributed by atoms with van der Waals surface area (Å²) in [5.74, 6) is 5.49. The molecule has 18 heteroatoms. The van der Waals surface area contributed by atoms with E-state index in [-0.39, 0.29) is 13.2 Å². The van der Waals surface area contributed by atoms with Crippen molar-refractivity contribution >= 4 is 0 Å². The van der Waals surface area contributed by atoms with Crippen LogP contribution in [-0.2, 0) is 37.9 Å². The Morgan fingerprint density at radius 2 is 0.620 bits per heavy atom. The second kappa shape index (κ2) is 39.8. The molecule has 3 saturated heterocycles. The Bertz CT molecular complexity index is 1440. The van der Waals surface area contributed by atoms with E-state index in [4.69, 9.17) is 37.9 Å². The molecule has 0 aromatic heterocycles. The minimum Gasteiger partial charge on any atom is -0.394 e. The molecule has 0 aromatic rings. The van der Waals surface area contributed by atoms with Crippen LogP contribution in [0.2, 0.25) is 0 Å². The van der Waals surface area contributed by atoms with Crippen LogP contribution >= 0.6 is 0 Å². The Morgan fingerprint density at radius 3 is 0.962 bits per heavy atom. The Morgan fingerprint density at radius 1 is 0.329 bits per heavy atom. The van der Waals surface area contributed by atoms with Crippen LogP contribution in [-0.4, -0.2) is 196 Å². The fourth-order valence-corrected chi connectivity index (χ4v) is 11.3. The lowest BCUT2D eigenvalue weighted by molar-refractivity contribution is -0.381. The smallest absolute Gasteiger partial charge is 0.187 e. The first kappa shape index (κ1) is 72.5. The van der Waals surface area contributed by atoms with Crippen molar-refractivity contribution in [2.45, 2.75) is 296 Å². The lowest BCUT2D eigenvalue weighted by Crippen LogP contribution is -2.66. The molecule has 0 amide bonds. The molecule has 0 spiro atoms. The van der Waals surface area contributed by atoms with E-state index in [0.29, 0.717) is 36.9 Å². The monoisotopic (exact) mass is 1140 g/mol. The van der Waals surface area contributed by atoms with Gasteiger partial charge in [0.2, 0.25) is 0 Å². The molecule has 3 aliphatic heterocycles. The van der Waals surface area contributed by atoms with Gasteiger partial charge in [0, 0.05) is 13.2 Å². The zero-order chi connectivity index (χ0) is 58.6. The second-order valence-corrected chi connectivity index (χ2v) is 25.8. The summed E-state index contributed by atoms with van der Waals surface area (Å²) in [6.07, 6.45) is -1.21. The van der Waals surface area contributed by atoms with Crippen molar-refractivity contribution < 1.29 is 89.0 Å². The number of aliphatic hydroxyl groups excluding tert-OH is 10. The molecule has 3 rings (SSSR count). The van der Waals surface area contributed by atoms with Crippen LogP contribution in [0, 0.1) is 47.3 Å². The van der Waals surface area contributed by atoms with Gasteiger partial charge in [-0.05, 0) is 60.2 Å². The Hall–Kier alpha value is -0.720. The van der Waals surface area contributed by atoms with Crippen molar-refractivity contribution in [2.24, 2.45) is 47.3 Å². The van der Waals surface area contributed by atoms with Crippen molar-refractivity contribution in [1.29, 1.82) is 0 Å². The molecule has 3 heterocycles. The summed E-state index contributed by atoms with van der Waals surface area (Å²) in [6.45, 7) is 22.2. The molecule has 3 aliphatic rings. The molecule has 0 bridgehead atoms. The minimum absolute atomic E-state index is 0.116. The Labute approximate surface area is 476 Å². The van der Waals surface area contributed by atoms with Crippen LogP contribution < -0.4 is 0 Å². The summed E-state index contributed by atoms with van der Waals surface area (Å²) < 4.78 is 47.4. The highest BCUT2D eigenvalue weighted by molar-refractivity contribution is 4.96. The lowest BCUT2D eigenvalue weighted by atomic mass is 9.91. The topological polar surface area (TPSA) is 276 Å². The average molecular weight is 1140 g/mol. The van der Waals surface area contributed by atoms with Crippen molar-refractivity contribution in [3.63, 3.8) is 0 Å². The van der Waals surface area contributed by atoms with Crippen molar-refractivity contribution in [2.75, 3.05) is 46.2 Å². The van der Waals surface area contributed by atoms with Gasteiger partial charge in [0.1, 0.15) is 79.4 Å². The maximum absolute atomic E-state index is 11.5. The Balaban J connectivity index is 1.55. The third-order valence-electron chi connectivity index (χ3n) is 17.0. The highest BCUT2D eigenvalue weighted by Crippen LogP contribution is 2.34. The second-order valence-electron chi connectivity index (χ2n) is 25.8. The molecule has 18 nitrogen and oxygen atoms in total. The van der Waals surface area contributed by atoms with Crippen LogP contribution in [0.25, 0.3) is 0 Å². The van der Waals surface area contributed by atoms with Gasteiger partial charge in [-0.2, -0.15) is 0 Å². The highest BCUT2D eigenvalue weighted by atomic mass is 16.8. The van der Waals surface area contributed by atoms with Gasteiger partial charge in [0.05, 0.1) is 33.0 Å². The lowest BCUT2D eigenvalue weighted by Gasteiger charge is -2.48. The summed E-state index contributed by atoms with van der Waals surface area (Å²) in [7, 11) is 0. The van der Waals surface area contributed by atoms with E-state index in [2.05, 4.69) is 69.2 Å². The minimum atomic E-state index is -1.94. The van der Waals surface area contributed by atoms with E-state index >= 15 is 0 Å². The van der Waals surface area contributed by atoms with Crippen LogP contribution in [0.5, 0.6) is 0 Å². The third-order valence-corrected chi connectivity index (χ3v) is 17.0. The van der Waals surface area contributed by atoms with Crippen LogP contribution in [0.15, 0.2) is 0 Å². The predicted molar refractivity (Wildman–Crippen MR) is 303 cm³/mol. The summed E-state index contributed by atoms with van der Waals surface area (Å²) >= 11 is 0. The maximum Gasteiger partial charge on any atom is 0.187 e. The van der Waals surface area contributed by atoms with Crippen molar-refractivity contribution in [3.8, 4) is 0 Å². The molecule has 470 valence electrons. The molecule has 79 heavy (non-hydrogen) atoms. The fraction of sp³-hybridized carbons (Fsp3) is 1.00. The van der Waals surface area contributed by atoms with Gasteiger partial charge in [-0.25, -0.2) is 0 Å². The van der Waals surface area contributed by atoms with Crippen LogP contribution in [0.1, 0.15) is 198 Å². The Kier molecular flexibility index (Phi) is 36.6. The van der Waals surface area contributed by atoms with E-state index < -0.39 is 118 Å². The summed E-state index contributed by atoms with van der Waals surface area (Å²) in [5.41, 5.74) is 0. The first-order chi connectivity index (χ1) is 37.6. The summed E-state index contributed by atoms with van der Waals surface area (Å²) in [6, 6.07) is 0. The molecule has 3 fully saturated rings. The molecule has 0 unspecified atom stereocenters. The molecular formula is C61H118O18. The zero-order valence-corrected chi connectivity index (χ0v) is 50.7. The number of hydrogen-bond acceptors (Lipinski definition) is 18. The standard InChI is InChI=1S/C61H118O18/c1-38(2)17-11-19-40(5)21-13-23-42(7)25-15-27-44(9)29-31-72-36-46(37-73-32-30-45(10)28-16-26-43(8)24-14-22-41(6)20-12-18-39(3)4)74-59-55(70)52(67)57(48(34-63)76-59)79-61-56(71)53(68)58(49(35-64)77-61)78-60-54(69)51(66)50(65)47(33-62)75-60/h38-71H,11-37H2,1-10H3/t40-,41-,42-,43-,44+,45+,47-,48-,49-,50-,51+,52-,53-,54-,55-,56-,57-,58-,59-,60-,61-/m1/s1. The van der Waals surface area contributed by atoms with Gasteiger partial charge in [-0.15, -0.1) is 0 Å². The molecule has 0 radical (unpaired) electrons. The number of aliphatic hydroxyl groups is 10. The first-order valence-corrected chi connectivity index (χ1v) is 31.3. The van der Waals surface area contributed by atoms with E-state index in [1.165, 1.54) is 103 Å². The predicted octanol–water partition coefficient (Wildman–Crippen LogP) is 6.78. The van der Waals surface area contributed by atoms with E-state index in [9.17, 15) is 51.1 Å². The quantitative estimate of drug-likeness (QED) is 0.0282. The SMILES string of the molecule is CC(C)CCC[C@@H](C)CCC[C@@H](C)CCC[C@H](C)CCOCC(COCC[C@@H](C)CCC[C@H](C)CCC[C@H](C)CCCC(C)C)O[C@@H]1O[C@H](CO)[C@@H](O[C@H]2O[C@H](CO)[C@@H](O[C@H]3O[C@H](CO)[C@@H](O)[C@H](O)[C@H]3O)[C@H](O)[C@H]2O)[C@H](O)[C@H]1O. The van der Waals surface area contributed by atoms with Gasteiger partial charge >= 0.3 is 0 Å². The van der Waals surface area contributed by atoms with E-state index in [1.807, 2.05) is 0 Å². The highest BCUT2D eigenvalue weighted by Gasteiger charge is 2.54. The number of ether oxygens (including phenoxy) is 8. The van der Waals surface area contributed by atoms with Gasteiger partial charge in [0.15, 0.2) is 18.9 Å². The van der Waals surface area contributed by atoms with Gasteiger partial charge < -0.3 is 89.0 Å². The maximum atomic E-state index is 11.5. The summed E-state index contributed by atoms with van der Waals surface area (Å²) in [4.78, 5) is 0. The van der Waals surface area contributed by atoms with Crippen LogP contribution in [0.3, 0.4) is 0 Å². The fourth-order valence-electron chi connectivity index (χ4n) is 11.3. The van der Waals surface area contributed by atoms with Crippen molar-refractivity contribution in [1.82, 2.24) is 0 Å². The zero-order valence-electron chi connectivity index (χ0n) is 50.7. The molecule has 0 aromatic carbocycles. The van der Waals surface area contributed by atoms with E-state index in [0.717, 1.165) is 49.4 Å². The number of hydrogen-bond donors (Lipinski definition) is 10. The van der Waals surface area contributed by atoms with E-state index in [1.54, 1.807) is 0 Å². The average Bonchev–Trinajstić information content (AvgIpc) is 3.44. The number of rotatable bonds is 43. The van der Waals surface area contributed by atoms with Gasteiger partial charge in [-0.1, -0.05) is 185 Å².